The summed E-state index contributed by atoms with van der Waals surface area (Å²) in [5.74, 6) is 0.419. The molecule has 0 spiro atoms. The fourth-order valence-electron chi connectivity index (χ4n) is 2.63. The van der Waals surface area contributed by atoms with Crippen LogP contribution in [0.2, 0.25) is 0 Å². The topological polar surface area (TPSA) is 41.5 Å². The summed E-state index contributed by atoms with van der Waals surface area (Å²) >= 11 is 0. The number of benzene rings is 2. The Morgan fingerprint density at radius 2 is 1.95 bits per heavy atom. The van der Waals surface area contributed by atoms with Crippen LogP contribution in [0.1, 0.15) is 18.1 Å². The van der Waals surface area contributed by atoms with Crippen molar-refractivity contribution < 1.29 is 14.2 Å². The van der Waals surface area contributed by atoms with E-state index in [9.17, 15) is 9.50 Å². The fraction of sp³-hybridized carbons (Fsp3) is 0.222. The number of nitrogens with one attached hydrogen (secondary N) is 1. The molecule has 22 heavy (non-hydrogen) atoms. The minimum absolute atomic E-state index is 0.142. The minimum Gasteiger partial charge on any atom is -0.504 e. The molecule has 2 N–H and O–H groups in total. The molecule has 1 aliphatic heterocycles. The van der Waals surface area contributed by atoms with Crippen molar-refractivity contribution in [3.63, 3.8) is 0 Å². The molecule has 3 nitrogen and oxygen atoms in total. The zero-order valence-electron chi connectivity index (χ0n) is 12.4. The molecule has 4 heteroatoms. The highest BCUT2D eigenvalue weighted by Crippen LogP contribution is 2.40. The van der Waals surface area contributed by atoms with Gasteiger partial charge in [-0.15, -0.1) is 0 Å². The number of phenolic OH excluding ortho intramolecular Hbond substituents is 1. The van der Waals surface area contributed by atoms with Crippen LogP contribution in [0.25, 0.3) is 6.08 Å². The van der Waals surface area contributed by atoms with Crippen LogP contribution in [0.3, 0.4) is 0 Å². The first-order valence-electron chi connectivity index (χ1n) is 7.34. The van der Waals surface area contributed by atoms with E-state index in [0.29, 0.717) is 18.9 Å². The highest BCUT2D eigenvalue weighted by Gasteiger charge is 2.17. The predicted molar refractivity (Wildman–Crippen MR) is 85.8 cm³/mol. The average Bonchev–Trinajstić information content (AvgIpc) is 2.52. The van der Waals surface area contributed by atoms with Crippen molar-refractivity contribution in [3.8, 4) is 11.5 Å². The first-order chi connectivity index (χ1) is 10.7. The molecule has 1 heterocycles. The lowest BCUT2D eigenvalue weighted by Crippen LogP contribution is -2.13. The Hall–Kier alpha value is -2.49. The monoisotopic (exact) mass is 299 g/mol. The van der Waals surface area contributed by atoms with Crippen molar-refractivity contribution in [1.29, 1.82) is 0 Å². The number of aromatic hydroxyl groups is 1. The van der Waals surface area contributed by atoms with Crippen molar-refractivity contribution in [2.75, 3.05) is 18.5 Å². The second kappa shape index (κ2) is 6.10. The number of phenols is 1. The highest BCUT2D eigenvalue weighted by atomic mass is 19.1. The first-order valence-corrected chi connectivity index (χ1v) is 7.34. The molecule has 0 bridgehead atoms. The van der Waals surface area contributed by atoms with E-state index in [4.69, 9.17) is 4.74 Å². The summed E-state index contributed by atoms with van der Waals surface area (Å²) in [5.41, 5.74) is 4.09. The van der Waals surface area contributed by atoms with E-state index in [1.807, 2.05) is 13.0 Å². The molecule has 0 saturated heterocycles. The molecular weight excluding hydrogens is 281 g/mol. The van der Waals surface area contributed by atoms with E-state index in [0.717, 1.165) is 23.2 Å². The second-order valence-electron chi connectivity index (χ2n) is 5.27. The van der Waals surface area contributed by atoms with E-state index in [2.05, 4.69) is 11.4 Å². The van der Waals surface area contributed by atoms with E-state index in [1.165, 1.54) is 17.7 Å². The number of rotatable bonds is 4. The van der Waals surface area contributed by atoms with Crippen LogP contribution >= 0.6 is 0 Å². The third-order valence-electron chi connectivity index (χ3n) is 3.65. The zero-order valence-corrected chi connectivity index (χ0v) is 12.4. The Balaban J connectivity index is 1.87. The maximum absolute atomic E-state index is 13.0. The molecule has 1 aliphatic rings. The zero-order chi connectivity index (χ0) is 15.5. The third kappa shape index (κ3) is 2.91. The molecule has 2 aromatic carbocycles. The van der Waals surface area contributed by atoms with Crippen LogP contribution in [0, 0.1) is 5.82 Å². The Kier molecular flexibility index (Phi) is 4.00. The number of hydrogen-bond acceptors (Lipinski definition) is 3. The van der Waals surface area contributed by atoms with Crippen LogP contribution in [0.15, 0.2) is 42.0 Å². The van der Waals surface area contributed by atoms with Gasteiger partial charge in [0.05, 0.1) is 12.3 Å². The number of ether oxygens (including phenoxy) is 1. The quantitative estimate of drug-likeness (QED) is 0.897. The van der Waals surface area contributed by atoms with E-state index in [-0.39, 0.29) is 11.6 Å². The molecule has 3 rings (SSSR count). The van der Waals surface area contributed by atoms with Crippen LogP contribution in [-0.4, -0.2) is 18.3 Å². The number of fused-ring (bicyclic) bond motifs is 1. The lowest BCUT2D eigenvalue weighted by atomic mass is 9.98. The maximum Gasteiger partial charge on any atom is 0.184 e. The largest absolute Gasteiger partial charge is 0.504 e. The lowest BCUT2D eigenvalue weighted by molar-refractivity contribution is 0.319. The van der Waals surface area contributed by atoms with Gasteiger partial charge in [0.2, 0.25) is 0 Å². The van der Waals surface area contributed by atoms with Crippen LogP contribution in [0.4, 0.5) is 10.1 Å². The van der Waals surface area contributed by atoms with Gasteiger partial charge in [-0.3, -0.25) is 0 Å². The summed E-state index contributed by atoms with van der Waals surface area (Å²) in [6.07, 6.45) is 2.86. The standard InChI is InChI=1S/C18H18FNO2/c1-2-22-18-16(21)8-5-14-10-13(11-20-17(14)18)9-12-3-6-15(19)7-4-12/h3-8,10,20-21H,2,9,11H2,1H3. The van der Waals surface area contributed by atoms with Crippen molar-refractivity contribution in [3.05, 3.63) is 58.9 Å². The van der Waals surface area contributed by atoms with Crippen molar-refractivity contribution >= 4 is 11.8 Å². The molecule has 0 fully saturated rings. The van der Waals surface area contributed by atoms with Gasteiger partial charge in [0.25, 0.3) is 0 Å². The average molecular weight is 299 g/mol. The smallest absolute Gasteiger partial charge is 0.184 e. The van der Waals surface area contributed by atoms with Gasteiger partial charge in [0.1, 0.15) is 5.82 Å². The van der Waals surface area contributed by atoms with Crippen molar-refractivity contribution in [2.45, 2.75) is 13.3 Å². The predicted octanol–water partition coefficient (Wildman–Crippen LogP) is 3.98. The fourth-order valence-corrected chi connectivity index (χ4v) is 2.63. The molecule has 114 valence electrons. The van der Waals surface area contributed by atoms with Gasteiger partial charge in [-0.1, -0.05) is 18.2 Å². The lowest BCUT2D eigenvalue weighted by Gasteiger charge is -2.22. The number of anilines is 1. The Labute approximate surface area is 129 Å². The summed E-state index contributed by atoms with van der Waals surface area (Å²) < 4.78 is 18.5. The van der Waals surface area contributed by atoms with E-state index >= 15 is 0 Å². The SMILES string of the molecule is CCOc1c(O)ccc2c1NCC(Cc1ccc(F)cc1)=C2. The van der Waals surface area contributed by atoms with Crippen molar-refractivity contribution in [1.82, 2.24) is 0 Å². The van der Waals surface area contributed by atoms with E-state index < -0.39 is 0 Å². The van der Waals surface area contributed by atoms with Crippen LogP contribution in [0.5, 0.6) is 11.5 Å². The highest BCUT2D eigenvalue weighted by molar-refractivity contribution is 5.79. The van der Waals surface area contributed by atoms with Crippen LogP contribution in [-0.2, 0) is 6.42 Å². The molecule has 0 amide bonds. The molecule has 0 aromatic heterocycles. The molecule has 0 aliphatic carbocycles. The molecule has 0 atom stereocenters. The molecule has 0 saturated carbocycles. The van der Waals surface area contributed by atoms with Gasteiger partial charge in [-0.05, 0) is 48.7 Å². The Morgan fingerprint density at radius 3 is 2.68 bits per heavy atom. The first kappa shape index (κ1) is 14.4. The normalized spacial score (nSPS) is 13.1. The van der Waals surface area contributed by atoms with Crippen molar-refractivity contribution in [2.24, 2.45) is 0 Å². The maximum atomic E-state index is 13.0. The summed E-state index contributed by atoms with van der Waals surface area (Å²) in [6, 6.07) is 10.1. The summed E-state index contributed by atoms with van der Waals surface area (Å²) in [5, 5.41) is 13.2. The second-order valence-corrected chi connectivity index (χ2v) is 5.27. The molecular formula is C18H18FNO2. The number of halogens is 1. The summed E-state index contributed by atoms with van der Waals surface area (Å²) in [4.78, 5) is 0. The van der Waals surface area contributed by atoms with Gasteiger partial charge < -0.3 is 15.2 Å². The summed E-state index contributed by atoms with van der Waals surface area (Å²) in [6.45, 7) is 3.06. The third-order valence-corrected chi connectivity index (χ3v) is 3.65. The van der Waals surface area contributed by atoms with Gasteiger partial charge in [-0.25, -0.2) is 4.39 Å². The molecule has 2 aromatic rings. The van der Waals surface area contributed by atoms with E-state index in [1.54, 1.807) is 18.2 Å². The van der Waals surface area contributed by atoms with Gasteiger partial charge in [0, 0.05) is 12.1 Å². The van der Waals surface area contributed by atoms with Crippen LogP contribution < -0.4 is 10.1 Å². The Bertz CT molecular complexity index is 708. The number of hydrogen-bond donors (Lipinski definition) is 2. The van der Waals surface area contributed by atoms with Gasteiger partial charge in [-0.2, -0.15) is 0 Å². The minimum atomic E-state index is -0.221. The molecule has 0 unspecified atom stereocenters. The molecule has 0 radical (unpaired) electrons. The summed E-state index contributed by atoms with van der Waals surface area (Å²) in [7, 11) is 0. The Morgan fingerprint density at radius 1 is 1.18 bits per heavy atom. The van der Waals surface area contributed by atoms with Gasteiger partial charge >= 0.3 is 0 Å². The van der Waals surface area contributed by atoms with Gasteiger partial charge in [0.15, 0.2) is 11.5 Å².